The second-order valence-electron chi connectivity index (χ2n) is 8.99. The summed E-state index contributed by atoms with van der Waals surface area (Å²) >= 11 is 1.32. The number of hydrogen-bond donors (Lipinski definition) is 1. The van der Waals surface area contributed by atoms with E-state index in [4.69, 9.17) is 15.5 Å². The topological polar surface area (TPSA) is 68.5 Å². The minimum absolute atomic E-state index is 0.196. The Hall–Kier alpha value is -4.94. The van der Waals surface area contributed by atoms with E-state index in [1.165, 1.54) is 11.3 Å². The quantitative estimate of drug-likeness (QED) is 0.237. The molecule has 0 aliphatic heterocycles. The molecule has 0 unspecified atom stereocenters. The number of carbonyl (C=O) groups excluding carboxylic acids is 1. The Labute approximate surface area is 230 Å². The van der Waals surface area contributed by atoms with Gasteiger partial charge in [0.1, 0.15) is 15.5 Å². The Morgan fingerprint density at radius 2 is 1.33 bits per heavy atom. The number of pyridine rings is 1. The van der Waals surface area contributed by atoms with Gasteiger partial charge in [-0.05, 0) is 65.7 Å². The number of para-hydroxylation sites is 2. The summed E-state index contributed by atoms with van der Waals surface area (Å²) in [6.45, 7) is 0. The van der Waals surface area contributed by atoms with Crippen LogP contribution in [0, 0.1) is 0 Å². The number of nitrogens with zero attached hydrogens (tertiary/aromatic N) is 2. The van der Waals surface area contributed by atoms with Crippen molar-refractivity contribution in [2.75, 3.05) is 17.7 Å². The van der Waals surface area contributed by atoms with E-state index < -0.39 is 0 Å². The van der Waals surface area contributed by atoms with Crippen LogP contribution in [0.4, 0.5) is 17.1 Å². The number of amides is 1. The zero-order valence-corrected chi connectivity index (χ0v) is 22.1. The second-order valence-corrected chi connectivity index (χ2v) is 9.99. The van der Waals surface area contributed by atoms with Crippen molar-refractivity contribution >= 4 is 44.5 Å². The molecule has 4 aromatic carbocycles. The van der Waals surface area contributed by atoms with Crippen LogP contribution in [0.25, 0.3) is 32.6 Å². The molecule has 0 radical (unpaired) electrons. The molecule has 2 heterocycles. The van der Waals surface area contributed by atoms with Crippen molar-refractivity contribution in [2.24, 2.45) is 0 Å². The van der Waals surface area contributed by atoms with E-state index >= 15 is 0 Å². The van der Waals surface area contributed by atoms with Crippen LogP contribution in [0.3, 0.4) is 0 Å². The number of nitrogens with two attached hydrogens (primary N) is 1. The molecule has 190 valence electrons. The van der Waals surface area contributed by atoms with E-state index in [0.29, 0.717) is 15.4 Å². The predicted octanol–water partition coefficient (Wildman–Crippen LogP) is 8.20. The lowest BCUT2D eigenvalue weighted by atomic mass is 9.99. The summed E-state index contributed by atoms with van der Waals surface area (Å²) in [5.41, 5.74) is 12.5. The summed E-state index contributed by atoms with van der Waals surface area (Å²) in [4.78, 5) is 22.1. The molecule has 6 heteroatoms. The van der Waals surface area contributed by atoms with Crippen LogP contribution in [0.1, 0.15) is 9.67 Å². The third kappa shape index (κ3) is 4.62. The third-order valence-corrected chi connectivity index (χ3v) is 7.68. The molecule has 39 heavy (non-hydrogen) atoms. The SMILES string of the molecule is COc1ccc(-c2cc(-c3ccccc3)c3c(N)c(C(=O)N(c4ccccc4)c4ccccc4)sc3n2)cc1. The fourth-order valence-electron chi connectivity index (χ4n) is 4.67. The van der Waals surface area contributed by atoms with Crippen molar-refractivity contribution < 1.29 is 9.53 Å². The molecule has 0 saturated carbocycles. The maximum absolute atomic E-state index is 14.2. The molecular weight excluding hydrogens is 502 g/mol. The number of fused-ring (bicyclic) bond motifs is 1. The van der Waals surface area contributed by atoms with Crippen LogP contribution < -0.4 is 15.4 Å². The Morgan fingerprint density at radius 3 is 1.90 bits per heavy atom. The summed E-state index contributed by atoms with van der Waals surface area (Å²) in [7, 11) is 1.65. The van der Waals surface area contributed by atoms with Crippen molar-refractivity contribution in [3.8, 4) is 28.1 Å². The Bertz CT molecular complexity index is 1710. The number of methoxy groups -OCH3 is 1. The largest absolute Gasteiger partial charge is 0.497 e. The highest BCUT2D eigenvalue weighted by molar-refractivity contribution is 7.21. The summed E-state index contributed by atoms with van der Waals surface area (Å²) < 4.78 is 5.33. The van der Waals surface area contributed by atoms with E-state index in [-0.39, 0.29) is 5.91 Å². The first-order valence-corrected chi connectivity index (χ1v) is 13.3. The molecule has 0 fully saturated rings. The lowest BCUT2D eigenvalue weighted by Crippen LogP contribution is -2.25. The monoisotopic (exact) mass is 527 g/mol. The first-order valence-electron chi connectivity index (χ1n) is 12.5. The van der Waals surface area contributed by atoms with Crippen LogP contribution in [0.5, 0.6) is 5.75 Å². The molecule has 0 aliphatic rings. The zero-order valence-electron chi connectivity index (χ0n) is 21.2. The van der Waals surface area contributed by atoms with E-state index in [1.54, 1.807) is 12.0 Å². The van der Waals surface area contributed by atoms with Gasteiger partial charge in [0.2, 0.25) is 0 Å². The van der Waals surface area contributed by atoms with Crippen molar-refractivity contribution in [1.82, 2.24) is 4.98 Å². The lowest BCUT2D eigenvalue weighted by molar-refractivity contribution is 0.100. The van der Waals surface area contributed by atoms with Gasteiger partial charge in [-0.2, -0.15) is 0 Å². The number of anilines is 3. The minimum Gasteiger partial charge on any atom is -0.497 e. The third-order valence-electron chi connectivity index (χ3n) is 6.60. The molecule has 0 bridgehead atoms. The summed E-state index contributed by atoms with van der Waals surface area (Å²) in [6, 6.07) is 39.1. The van der Waals surface area contributed by atoms with Crippen LogP contribution >= 0.6 is 11.3 Å². The van der Waals surface area contributed by atoms with Crippen molar-refractivity contribution in [3.63, 3.8) is 0 Å². The zero-order chi connectivity index (χ0) is 26.8. The number of benzene rings is 4. The van der Waals surface area contributed by atoms with E-state index in [2.05, 4.69) is 0 Å². The van der Waals surface area contributed by atoms with Gasteiger partial charge in [-0.1, -0.05) is 66.7 Å². The van der Waals surface area contributed by atoms with Gasteiger partial charge in [-0.25, -0.2) is 4.98 Å². The number of rotatable bonds is 6. The first kappa shape index (κ1) is 24.4. The molecule has 0 atom stereocenters. The minimum atomic E-state index is -0.196. The van der Waals surface area contributed by atoms with Crippen LogP contribution in [0.2, 0.25) is 0 Å². The van der Waals surface area contributed by atoms with Gasteiger partial charge in [0.15, 0.2) is 0 Å². The van der Waals surface area contributed by atoms with Gasteiger partial charge in [0.05, 0.1) is 18.5 Å². The normalized spacial score (nSPS) is 10.9. The van der Waals surface area contributed by atoms with Gasteiger partial charge < -0.3 is 10.5 Å². The number of aromatic nitrogens is 1. The van der Waals surface area contributed by atoms with E-state index in [1.807, 2.05) is 121 Å². The maximum Gasteiger partial charge on any atom is 0.275 e. The number of ether oxygens (including phenoxy) is 1. The van der Waals surface area contributed by atoms with Gasteiger partial charge in [0, 0.05) is 22.3 Å². The second kappa shape index (κ2) is 10.4. The first-order chi connectivity index (χ1) is 19.1. The van der Waals surface area contributed by atoms with E-state index in [9.17, 15) is 4.79 Å². The van der Waals surface area contributed by atoms with Gasteiger partial charge in [-0.3, -0.25) is 9.69 Å². The molecule has 0 spiro atoms. The number of hydrogen-bond acceptors (Lipinski definition) is 5. The molecule has 5 nitrogen and oxygen atoms in total. The highest BCUT2D eigenvalue weighted by Gasteiger charge is 2.27. The highest BCUT2D eigenvalue weighted by Crippen LogP contribution is 2.43. The fraction of sp³-hybridized carbons (Fsp3) is 0.0303. The Morgan fingerprint density at radius 1 is 0.769 bits per heavy atom. The van der Waals surface area contributed by atoms with Crippen molar-refractivity contribution in [1.29, 1.82) is 0 Å². The maximum atomic E-state index is 14.2. The number of thiophene rings is 1. The van der Waals surface area contributed by atoms with Crippen LogP contribution in [0.15, 0.2) is 121 Å². The summed E-state index contributed by atoms with van der Waals surface area (Å²) in [5, 5.41) is 0.785. The number of nitrogen functional groups attached to an aromatic ring is 1. The standard InChI is InChI=1S/C33H25N3O2S/c1-38-26-19-17-23(18-20-26)28-21-27(22-11-5-2-6-12-22)29-30(34)31(39-32(29)35-28)33(37)36(24-13-7-3-8-14-24)25-15-9-4-10-16-25/h2-21H,34H2,1H3. The molecule has 0 aliphatic carbocycles. The summed E-state index contributed by atoms with van der Waals surface area (Å²) in [6.07, 6.45) is 0. The van der Waals surface area contributed by atoms with Crippen LogP contribution in [-0.4, -0.2) is 18.0 Å². The fourth-order valence-corrected chi connectivity index (χ4v) is 5.72. The summed E-state index contributed by atoms with van der Waals surface area (Å²) in [5.74, 6) is 0.580. The lowest BCUT2D eigenvalue weighted by Gasteiger charge is -2.22. The molecule has 6 rings (SSSR count). The van der Waals surface area contributed by atoms with Crippen LogP contribution in [-0.2, 0) is 0 Å². The van der Waals surface area contributed by atoms with Gasteiger partial charge >= 0.3 is 0 Å². The molecule has 1 amide bonds. The predicted molar refractivity (Wildman–Crippen MR) is 161 cm³/mol. The average Bonchev–Trinajstić information content (AvgIpc) is 3.34. The van der Waals surface area contributed by atoms with Crippen molar-refractivity contribution in [2.45, 2.75) is 0 Å². The van der Waals surface area contributed by atoms with Gasteiger partial charge in [0.25, 0.3) is 5.91 Å². The molecule has 2 N–H and O–H groups in total. The highest BCUT2D eigenvalue weighted by atomic mass is 32.1. The van der Waals surface area contributed by atoms with E-state index in [0.717, 1.165) is 44.9 Å². The average molecular weight is 528 g/mol. The van der Waals surface area contributed by atoms with Crippen molar-refractivity contribution in [3.05, 3.63) is 126 Å². The smallest absolute Gasteiger partial charge is 0.275 e. The molecule has 2 aromatic heterocycles. The molecular formula is C33H25N3O2S. The Balaban J connectivity index is 1.55. The number of carbonyl (C=O) groups is 1. The van der Waals surface area contributed by atoms with Gasteiger partial charge in [-0.15, -0.1) is 11.3 Å². The molecule has 0 saturated heterocycles. The Kier molecular flexibility index (Phi) is 6.53. The molecule has 6 aromatic rings.